The van der Waals surface area contributed by atoms with Crippen LogP contribution in [0.5, 0.6) is 0 Å². The number of hydrazone groups is 1. The normalized spacial score (nSPS) is 23.1. The SMILES string of the molecule is CN1CCN2C(=O)C(C(O)c3ccc(Cl)c(Cl)c3)SC2=N1. The van der Waals surface area contributed by atoms with Crippen molar-refractivity contribution in [3.8, 4) is 0 Å². The third-order valence-corrected chi connectivity index (χ3v) is 5.41. The molecule has 112 valence electrons. The van der Waals surface area contributed by atoms with Gasteiger partial charge in [0.2, 0.25) is 5.91 Å². The van der Waals surface area contributed by atoms with Crippen LogP contribution in [0.3, 0.4) is 0 Å². The Labute approximate surface area is 136 Å². The number of fused-ring (bicyclic) bond motifs is 1. The standard InChI is InChI=1S/C13H13Cl2N3O2S/c1-17-4-5-18-12(20)11(21-13(18)16-17)10(19)7-2-3-8(14)9(15)6-7/h2-3,6,10-11,19H,4-5H2,1H3. The van der Waals surface area contributed by atoms with Gasteiger partial charge in [0, 0.05) is 13.6 Å². The highest BCUT2D eigenvalue weighted by atomic mass is 35.5. The van der Waals surface area contributed by atoms with E-state index in [0.717, 1.165) is 0 Å². The van der Waals surface area contributed by atoms with Crippen molar-refractivity contribution in [1.29, 1.82) is 0 Å². The maximum absolute atomic E-state index is 12.4. The van der Waals surface area contributed by atoms with Crippen molar-refractivity contribution in [1.82, 2.24) is 9.91 Å². The number of nitrogens with zero attached hydrogens (tertiary/aromatic N) is 3. The highest BCUT2D eigenvalue weighted by molar-refractivity contribution is 8.15. The van der Waals surface area contributed by atoms with Crippen LogP contribution in [0.25, 0.3) is 0 Å². The number of hydrogen-bond acceptors (Lipinski definition) is 5. The van der Waals surface area contributed by atoms with E-state index in [0.29, 0.717) is 33.9 Å². The molecular formula is C13H13Cl2N3O2S. The molecule has 2 aliphatic heterocycles. The van der Waals surface area contributed by atoms with Gasteiger partial charge in [0.1, 0.15) is 11.4 Å². The van der Waals surface area contributed by atoms with E-state index >= 15 is 0 Å². The number of amidine groups is 1. The summed E-state index contributed by atoms with van der Waals surface area (Å²) in [6.45, 7) is 1.27. The number of carbonyl (C=O) groups excluding carboxylic acids is 1. The Hall–Kier alpha value is -0.950. The van der Waals surface area contributed by atoms with Gasteiger partial charge in [-0.1, -0.05) is 41.0 Å². The van der Waals surface area contributed by atoms with Gasteiger partial charge in [-0.2, -0.15) is 5.10 Å². The van der Waals surface area contributed by atoms with E-state index in [4.69, 9.17) is 23.2 Å². The van der Waals surface area contributed by atoms with Crippen LogP contribution in [0.1, 0.15) is 11.7 Å². The fourth-order valence-corrected chi connectivity index (χ4v) is 3.81. The van der Waals surface area contributed by atoms with E-state index in [1.807, 2.05) is 7.05 Å². The number of likely N-dealkylation sites (N-methyl/N-ethyl adjacent to an activating group) is 1. The van der Waals surface area contributed by atoms with Crippen molar-refractivity contribution >= 4 is 46.0 Å². The summed E-state index contributed by atoms with van der Waals surface area (Å²) in [5.74, 6) is -0.120. The van der Waals surface area contributed by atoms with Gasteiger partial charge in [0.15, 0.2) is 5.17 Å². The number of aliphatic hydroxyl groups is 1. The van der Waals surface area contributed by atoms with E-state index in [2.05, 4.69) is 5.10 Å². The molecule has 0 spiro atoms. The molecule has 0 bridgehead atoms. The third-order valence-electron chi connectivity index (χ3n) is 3.45. The lowest BCUT2D eigenvalue weighted by Gasteiger charge is -2.26. The predicted molar refractivity (Wildman–Crippen MR) is 84.6 cm³/mol. The number of halogens is 2. The molecule has 2 unspecified atom stereocenters. The first-order valence-electron chi connectivity index (χ1n) is 6.38. The first-order valence-corrected chi connectivity index (χ1v) is 8.01. The minimum absolute atomic E-state index is 0.120. The highest BCUT2D eigenvalue weighted by Gasteiger charge is 2.44. The summed E-state index contributed by atoms with van der Waals surface area (Å²) in [5, 5.41) is 17.4. The second-order valence-corrected chi connectivity index (χ2v) is 6.83. The van der Waals surface area contributed by atoms with Crippen LogP contribution in [0.2, 0.25) is 10.0 Å². The Bertz CT molecular complexity index is 625. The van der Waals surface area contributed by atoms with Gasteiger partial charge in [-0.15, -0.1) is 0 Å². The van der Waals surface area contributed by atoms with Crippen molar-refractivity contribution in [3.63, 3.8) is 0 Å². The van der Waals surface area contributed by atoms with Gasteiger partial charge in [-0.3, -0.25) is 14.7 Å². The van der Waals surface area contributed by atoms with Gasteiger partial charge in [0.05, 0.1) is 16.6 Å². The number of amides is 1. The Morgan fingerprint density at radius 3 is 2.86 bits per heavy atom. The van der Waals surface area contributed by atoms with Crippen LogP contribution < -0.4 is 0 Å². The molecule has 0 saturated carbocycles. The Morgan fingerprint density at radius 1 is 1.38 bits per heavy atom. The number of carbonyl (C=O) groups is 1. The summed E-state index contributed by atoms with van der Waals surface area (Å²) in [4.78, 5) is 14.0. The Balaban J connectivity index is 1.85. The molecule has 1 aromatic rings. The van der Waals surface area contributed by atoms with Crippen molar-refractivity contribution in [3.05, 3.63) is 33.8 Å². The Morgan fingerprint density at radius 2 is 2.14 bits per heavy atom. The van der Waals surface area contributed by atoms with E-state index in [-0.39, 0.29) is 5.91 Å². The van der Waals surface area contributed by atoms with Crippen LogP contribution >= 0.6 is 35.0 Å². The number of aliphatic hydroxyl groups excluding tert-OH is 1. The molecule has 1 saturated heterocycles. The first-order chi connectivity index (χ1) is 9.97. The zero-order valence-corrected chi connectivity index (χ0v) is 13.5. The van der Waals surface area contributed by atoms with E-state index in [1.54, 1.807) is 28.1 Å². The molecule has 8 heteroatoms. The molecule has 2 atom stereocenters. The van der Waals surface area contributed by atoms with Crippen molar-refractivity contribution in [2.45, 2.75) is 11.4 Å². The average Bonchev–Trinajstić information content (AvgIpc) is 2.77. The molecule has 0 aliphatic carbocycles. The summed E-state index contributed by atoms with van der Waals surface area (Å²) in [5.41, 5.74) is 0.573. The zero-order valence-electron chi connectivity index (χ0n) is 11.2. The van der Waals surface area contributed by atoms with Gasteiger partial charge in [-0.25, -0.2) is 0 Å². The largest absolute Gasteiger partial charge is 0.387 e. The minimum atomic E-state index is -0.948. The van der Waals surface area contributed by atoms with E-state index in [9.17, 15) is 9.90 Å². The molecule has 2 aliphatic rings. The van der Waals surface area contributed by atoms with Crippen molar-refractivity contribution in [2.75, 3.05) is 20.1 Å². The molecule has 3 rings (SSSR count). The van der Waals surface area contributed by atoms with Crippen LogP contribution in [-0.4, -0.2) is 51.5 Å². The summed E-state index contributed by atoms with van der Waals surface area (Å²) in [7, 11) is 1.86. The lowest BCUT2D eigenvalue weighted by Crippen LogP contribution is -2.42. The molecule has 2 heterocycles. The van der Waals surface area contributed by atoms with Crippen LogP contribution in [0, 0.1) is 0 Å². The highest BCUT2D eigenvalue weighted by Crippen LogP contribution is 2.38. The summed E-state index contributed by atoms with van der Waals surface area (Å²) < 4.78 is 0. The first kappa shape index (κ1) is 15.0. The maximum atomic E-state index is 12.4. The summed E-state index contributed by atoms with van der Waals surface area (Å²) >= 11 is 13.1. The smallest absolute Gasteiger partial charge is 0.245 e. The maximum Gasteiger partial charge on any atom is 0.245 e. The fraction of sp³-hybridized carbons (Fsp3) is 0.385. The lowest BCUT2D eigenvalue weighted by atomic mass is 10.1. The number of thioether (sulfide) groups is 1. The predicted octanol–water partition coefficient (Wildman–Crippen LogP) is 2.19. The van der Waals surface area contributed by atoms with Gasteiger partial charge >= 0.3 is 0 Å². The third kappa shape index (κ3) is 2.73. The van der Waals surface area contributed by atoms with E-state index < -0.39 is 11.4 Å². The fourth-order valence-electron chi connectivity index (χ4n) is 2.27. The number of rotatable bonds is 2. The number of benzene rings is 1. The average molecular weight is 346 g/mol. The zero-order chi connectivity index (χ0) is 15.1. The summed E-state index contributed by atoms with van der Waals surface area (Å²) in [6, 6.07) is 4.89. The monoisotopic (exact) mass is 345 g/mol. The molecule has 0 radical (unpaired) electrons. The molecule has 1 fully saturated rings. The molecule has 1 N–H and O–H groups in total. The molecule has 0 aromatic heterocycles. The Kier molecular flexibility index (Phi) is 4.05. The molecule has 1 aromatic carbocycles. The van der Waals surface area contributed by atoms with Gasteiger partial charge < -0.3 is 5.11 Å². The summed E-state index contributed by atoms with van der Waals surface area (Å²) in [6.07, 6.45) is -0.948. The minimum Gasteiger partial charge on any atom is -0.387 e. The second-order valence-electron chi connectivity index (χ2n) is 4.91. The topological polar surface area (TPSA) is 56.1 Å². The second kappa shape index (κ2) is 5.68. The van der Waals surface area contributed by atoms with Gasteiger partial charge in [0.25, 0.3) is 0 Å². The molecular weight excluding hydrogens is 333 g/mol. The lowest BCUT2D eigenvalue weighted by molar-refractivity contribution is -0.128. The van der Waals surface area contributed by atoms with E-state index in [1.165, 1.54) is 11.8 Å². The quantitative estimate of drug-likeness (QED) is 0.892. The van der Waals surface area contributed by atoms with Crippen LogP contribution in [-0.2, 0) is 4.79 Å². The van der Waals surface area contributed by atoms with Crippen molar-refractivity contribution in [2.24, 2.45) is 5.10 Å². The van der Waals surface area contributed by atoms with Crippen LogP contribution in [0.15, 0.2) is 23.3 Å². The molecule has 1 amide bonds. The molecule has 21 heavy (non-hydrogen) atoms. The van der Waals surface area contributed by atoms with Gasteiger partial charge in [-0.05, 0) is 17.7 Å². The van der Waals surface area contributed by atoms with Crippen molar-refractivity contribution < 1.29 is 9.90 Å². The number of hydrogen-bond donors (Lipinski definition) is 1. The molecule has 5 nitrogen and oxygen atoms in total. The van der Waals surface area contributed by atoms with Crippen LogP contribution in [0.4, 0.5) is 0 Å².